The molecule has 25 heavy (non-hydrogen) atoms. The van der Waals surface area contributed by atoms with E-state index >= 15 is 0 Å². The van der Waals surface area contributed by atoms with Crippen molar-refractivity contribution in [3.8, 4) is 0 Å². The molecule has 0 radical (unpaired) electrons. The second-order valence-corrected chi connectivity index (χ2v) is 6.05. The minimum Gasteiger partial charge on any atom is -0.452 e. The Hall–Kier alpha value is -2.96. The number of hydrogen-bond acceptors (Lipinski definition) is 6. The lowest BCUT2D eigenvalue weighted by Crippen LogP contribution is -2.15. The first-order valence-corrected chi connectivity index (χ1v) is 7.88. The molecular formula is C18H20N2O5. The quantitative estimate of drug-likeness (QED) is 0.612. The Morgan fingerprint density at radius 1 is 1.20 bits per heavy atom. The van der Waals surface area contributed by atoms with Crippen LogP contribution in [0.4, 0.5) is 5.69 Å². The molecule has 2 aromatic rings. The summed E-state index contributed by atoms with van der Waals surface area (Å²) in [5.74, 6) is -0.403. The molecule has 1 N–H and O–H groups in total. The number of Topliss-reactive ketones (excluding diaryl/α,β-unsaturated/α-hetero) is 1. The van der Waals surface area contributed by atoms with Gasteiger partial charge < -0.3 is 14.6 Å². The number of ketones is 1. The van der Waals surface area contributed by atoms with E-state index in [0.29, 0.717) is 23.4 Å². The zero-order chi connectivity index (χ0) is 18.4. The van der Waals surface area contributed by atoms with Crippen LogP contribution in [0.2, 0.25) is 0 Å². The van der Waals surface area contributed by atoms with E-state index in [1.54, 1.807) is 31.2 Å². The second kappa shape index (κ2) is 8.23. The molecule has 0 aliphatic heterocycles. The summed E-state index contributed by atoms with van der Waals surface area (Å²) in [5, 5.41) is 6.28. The van der Waals surface area contributed by atoms with Crippen LogP contribution in [-0.4, -0.2) is 29.4 Å². The largest absolute Gasteiger partial charge is 0.452 e. The summed E-state index contributed by atoms with van der Waals surface area (Å²) in [6, 6.07) is 7.84. The molecule has 1 aromatic carbocycles. The van der Waals surface area contributed by atoms with E-state index in [4.69, 9.17) is 9.26 Å². The molecular weight excluding hydrogens is 324 g/mol. The van der Waals surface area contributed by atoms with Crippen molar-refractivity contribution in [2.45, 2.75) is 27.2 Å². The summed E-state index contributed by atoms with van der Waals surface area (Å²) >= 11 is 0. The number of anilines is 1. The minimum atomic E-state index is -0.720. The molecule has 0 aliphatic carbocycles. The van der Waals surface area contributed by atoms with Gasteiger partial charge in [0.2, 0.25) is 5.91 Å². The summed E-state index contributed by atoms with van der Waals surface area (Å²) in [5.41, 5.74) is 1.01. The first kappa shape index (κ1) is 18.4. The van der Waals surface area contributed by atoms with E-state index < -0.39 is 12.6 Å². The van der Waals surface area contributed by atoms with Gasteiger partial charge in [-0.3, -0.25) is 9.59 Å². The number of esters is 1. The highest BCUT2D eigenvalue weighted by Crippen LogP contribution is 2.12. The van der Waals surface area contributed by atoms with Gasteiger partial charge in [-0.1, -0.05) is 19.0 Å². The van der Waals surface area contributed by atoms with E-state index in [0.717, 1.165) is 0 Å². The number of benzene rings is 1. The van der Waals surface area contributed by atoms with Crippen LogP contribution in [0.5, 0.6) is 0 Å². The Bertz CT molecular complexity index is 762. The second-order valence-electron chi connectivity index (χ2n) is 6.05. The van der Waals surface area contributed by atoms with E-state index in [2.05, 4.69) is 10.5 Å². The molecule has 0 atom stereocenters. The molecule has 1 heterocycles. The predicted octanol–water partition coefficient (Wildman–Crippen LogP) is 3.01. The molecule has 132 valence electrons. The van der Waals surface area contributed by atoms with Crippen LogP contribution in [0.25, 0.3) is 0 Å². The molecule has 0 bridgehead atoms. The van der Waals surface area contributed by atoms with E-state index in [9.17, 15) is 14.4 Å². The van der Waals surface area contributed by atoms with Crippen molar-refractivity contribution in [2.75, 3.05) is 11.9 Å². The predicted molar refractivity (Wildman–Crippen MR) is 90.4 cm³/mol. The molecule has 1 amide bonds. The molecule has 1 aromatic heterocycles. The highest BCUT2D eigenvalue weighted by atomic mass is 16.5. The van der Waals surface area contributed by atoms with Gasteiger partial charge in [0.15, 0.2) is 18.1 Å². The summed E-state index contributed by atoms with van der Waals surface area (Å²) in [7, 11) is 0. The third-order valence-corrected chi connectivity index (χ3v) is 3.26. The molecule has 0 aliphatic rings. The van der Waals surface area contributed by atoms with Gasteiger partial charge in [0.25, 0.3) is 0 Å². The molecule has 7 heteroatoms. The van der Waals surface area contributed by atoms with Crippen LogP contribution in [0.1, 0.15) is 46.9 Å². The molecule has 0 fully saturated rings. The lowest BCUT2D eigenvalue weighted by molar-refractivity contribution is -0.116. The van der Waals surface area contributed by atoms with Crippen molar-refractivity contribution in [2.24, 2.45) is 5.92 Å². The smallest absolute Gasteiger partial charge is 0.360 e. The fraction of sp³-hybridized carbons (Fsp3) is 0.333. The number of carbonyl (C=O) groups excluding carboxylic acids is 3. The Balaban J connectivity index is 1.87. The van der Waals surface area contributed by atoms with Gasteiger partial charge in [-0.05, 0) is 37.1 Å². The van der Waals surface area contributed by atoms with Gasteiger partial charge in [-0.2, -0.15) is 0 Å². The van der Waals surface area contributed by atoms with Crippen LogP contribution in [0, 0.1) is 12.8 Å². The molecule has 2 rings (SSSR count). The monoisotopic (exact) mass is 344 g/mol. The Morgan fingerprint density at radius 3 is 2.44 bits per heavy atom. The number of amides is 1. The van der Waals surface area contributed by atoms with Gasteiger partial charge in [0.1, 0.15) is 5.76 Å². The minimum absolute atomic E-state index is 0.0218. The van der Waals surface area contributed by atoms with Crippen LogP contribution in [-0.2, 0) is 9.53 Å². The standard InChI is InChI=1S/C18H20N2O5/c1-11(2)8-17(22)19-14-6-4-13(5-7-14)16(21)10-24-18(23)15-9-12(3)25-20-15/h4-7,9,11H,8,10H2,1-3H3,(H,19,22). The van der Waals surface area contributed by atoms with Crippen molar-refractivity contribution >= 4 is 23.3 Å². The number of nitrogens with one attached hydrogen (secondary N) is 1. The van der Waals surface area contributed by atoms with Gasteiger partial charge in [0, 0.05) is 23.7 Å². The number of aromatic nitrogens is 1. The topological polar surface area (TPSA) is 98.5 Å². The normalized spacial score (nSPS) is 10.6. The Kier molecular flexibility index (Phi) is 6.05. The zero-order valence-corrected chi connectivity index (χ0v) is 14.4. The van der Waals surface area contributed by atoms with E-state index in [1.165, 1.54) is 6.07 Å². The summed E-state index contributed by atoms with van der Waals surface area (Å²) in [6.45, 7) is 5.17. The van der Waals surface area contributed by atoms with Gasteiger partial charge in [0.05, 0.1) is 0 Å². The Morgan fingerprint density at radius 2 is 1.88 bits per heavy atom. The van der Waals surface area contributed by atoms with Gasteiger partial charge in [-0.15, -0.1) is 0 Å². The third kappa shape index (κ3) is 5.56. The van der Waals surface area contributed by atoms with Crippen LogP contribution in [0.15, 0.2) is 34.9 Å². The fourth-order valence-electron chi connectivity index (χ4n) is 2.07. The third-order valence-electron chi connectivity index (χ3n) is 3.26. The number of carbonyl (C=O) groups is 3. The average molecular weight is 344 g/mol. The zero-order valence-electron chi connectivity index (χ0n) is 14.4. The lowest BCUT2D eigenvalue weighted by atomic mass is 10.1. The number of hydrogen-bond donors (Lipinski definition) is 1. The Labute approximate surface area is 145 Å². The molecule has 7 nitrogen and oxygen atoms in total. The molecule has 0 saturated heterocycles. The molecule has 0 saturated carbocycles. The van der Waals surface area contributed by atoms with Crippen molar-refractivity contribution in [3.05, 3.63) is 47.3 Å². The first-order chi connectivity index (χ1) is 11.8. The summed E-state index contributed by atoms with van der Waals surface area (Å²) in [6.07, 6.45) is 0.429. The summed E-state index contributed by atoms with van der Waals surface area (Å²) in [4.78, 5) is 35.5. The first-order valence-electron chi connectivity index (χ1n) is 7.88. The number of aryl methyl sites for hydroxylation is 1. The number of ether oxygens (including phenoxy) is 1. The fourth-order valence-corrected chi connectivity index (χ4v) is 2.07. The van der Waals surface area contributed by atoms with Crippen molar-refractivity contribution < 1.29 is 23.6 Å². The van der Waals surface area contributed by atoms with Gasteiger partial charge >= 0.3 is 5.97 Å². The lowest BCUT2D eigenvalue weighted by Gasteiger charge is -2.08. The number of nitrogens with zero attached hydrogens (tertiary/aromatic N) is 1. The van der Waals surface area contributed by atoms with Crippen LogP contribution < -0.4 is 5.32 Å². The summed E-state index contributed by atoms with van der Waals surface area (Å²) < 4.78 is 9.69. The van der Waals surface area contributed by atoms with Crippen LogP contribution >= 0.6 is 0 Å². The number of rotatable bonds is 7. The van der Waals surface area contributed by atoms with E-state index in [-0.39, 0.29) is 23.3 Å². The van der Waals surface area contributed by atoms with Crippen molar-refractivity contribution in [3.63, 3.8) is 0 Å². The van der Waals surface area contributed by atoms with Crippen molar-refractivity contribution in [1.29, 1.82) is 0 Å². The average Bonchev–Trinajstić information content (AvgIpc) is 2.98. The SMILES string of the molecule is Cc1cc(C(=O)OCC(=O)c2ccc(NC(=O)CC(C)C)cc2)no1. The maximum Gasteiger partial charge on any atom is 0.360 e. The maximum absolute atomic E-state index is 12.1. The van der Waals surface area contributed by atoms with Crippen molar-refractivity contribution in [1.82, 2.24) is 5.16 Å². The molecule has 0 unspecified atom stereocenters. The van der Waals surface area contributed by atoms with Gasteiger partial charge in [-0.25, -0.2) is 4.79 Å². The van der Waals surface area contributed by atoms with Crippen LogP contribution in [0.3, 0.4) is 0 Å². The molecule has 0 spiro atoms. The highest BCUT2D eigenvalue weighted by Gasteiger charge is 2.15. The van der Waals surface area contributed by atoms with E-state index in [1.807, 2.05) is 13.8 Å². The maximum atomic E-state index is 12.1. The highest BCUT2D eigenvalue weighted by molar-refractivity contribution is 5.99.